The number of nitrogens with zero attached hydrogens (tertiary/aromatic N) is 2. The second-order valence-electron chi connectivity index (χ2n) is 4.00. The highest BCUT2D eigenvalue weighted by Crippen LogP contribution is 2.14. The zero-order valence-corrected chi connectivity index (χ0v) is 10.2. The minimum absolute atomic E-state index is 0.372. The molecule has 0 aliphatic rings. The third kappa shape index (κ3) is 3.92. The van der Waals surface area contributed by atoms with Crippen molar-refractivity contribution < 1.29 is 4.52 Å². The van der Waals surface area contributed by atoms with Gasteiger partial charge >= 0.3 is 0 Å². The Morgan fingerprint density at radius 1 is 1.62 bits per heavy atom. The number of hydrogen-bond donors (Lipinski definition) is 2. The van der Waals surface area contributed by atoms with Gasteiger partial charge in [0.15, 0.2) is 11.7 Å². The van der Waals surface area contributed by atoms with E-state index in [0.717, 1.165) is 24.4 Å². The predicted molar refractivity (Wildman–Crippen MR) is 64.2 cm³/mol. The zero-order valence-electron chi connectivity index (χ0n) is 10.2. The van der Waals surface area contributed by atoms with Gasteiger partial charge in [0.05, 0.1) is 5.69 Å². The third-order valence-electron chi connectivity index (χ3n) is 2.13. The quantitative estimate of drug-likeness (QED) is 0.588. The first-order valence-electron chi connectivity index (χ1n) is 5.62. The Hall–Kier alpha value is -1.52. The first-order chi connectivity index (χ1) is 7.63. The van der Waals surface area contributed by atoms with E-state index in [1.165, 1.54) is 0 Å². The number of rotatable bonds is 5. The molecular formula is C11H20N4O. The van der Waals surface area contributed by atoms with Crippen LogP contribution in [0.5, 0.6) is 0 Å². The maximum Gasteiger partial charge on any atom is 0.189 e. The van der Waals surface area contributed by atoms with Crippen molar-refractivity contribution in [3.05, 3.63) is 17.5 Å². The van der Waals surface area contributed by atoms with Crippen molar-refractivity contribution >= 4 is 5.96 Å². The van der Waals surface area contributed by atoms with E-state index >= 15 is 0 Å². The van der Waals surface area contributed by atoms with Gasteiger partial charge in [-0.15, -0.1) is 0 Å². The Morgan fingerprint density at radius 3 is 2.94 bits per heavy atom. The number of nitrogens with one attached hydrogen (secondary N) is 1. The van der Waals surface area contributed by atoms with Gasteiger partial charge in [0.1, 0.15) is 6.54 Å². The molecule has 0 radical (unpaired) electrons. The fourth-order valence-corrected chi connectivity index (χ4v) is 1.15. The Labute approximate surface area is 96.1 Å². The van der Waals surface area contributed by atoms with Crippen molar-refractivity contribution in [2.45, 2.75) is 39.7 Å². The van der Waals surface area contributed by atoms with E-state index in [1.54, 1.807) is 0 Å². The molecule has 0 aromatic carbocycles. The zero-order chi connectivity index (χ0) is 12.0. The average Bonchev–Trinajstić information content (AvgIpc) is 2.72. The van der Waals surface area contributed by atoms with Gasteiger partial charge in [-0.3, -0.25) is 0 Å². The van der Waals surface area contributed by atoms with Crippen LogP contribution in [0.15, 0.2) is 15.6 Å². The van der Waals surface area contributed by atoms with Gasteiger partial charge in [-0.25, -0.2) is 4.99 Å². The van der Waals surface area contributed by atoms with E-state index in [0.29, 0.717) is 18.4 Å². The molecule has 0 fully saturated rings. The van der Waals surface area contributed by atoms with Crippen LogP contribution >= 0.6 is 0 Å². The Bertz CT molecular complexity index is 344. The van der Waals surface area contributed by atoms with Gasteiger partial charge < -0.3 is 15.6 Å². The Kier molecular flexibility index (Phi) is 4.82. The SMILES string of the molecule is CCCNC(N)=NCc1cc(C(C)C)no1. The largest absolute Gasteiger partial charge is 0.370 e. The molecule has 0 spiro atoms. The van der Waals surface area contributed by atoms with Crippen LogP contribution in [0, 0.1) is 0 Å². The van der Waals surface area contributed by atoms with E-state index < -0.39 is 0 Å². The Morgan fingerprint density at radius 2 is 2.38 bits per heavy atom. The molecule has 0 aliphatic heterocycles. The lowest BCUT2D eigenvalue weighted by atomic mass is 10.1. The minimum Gasteiger partial charge on any atom is -0.370 e. The highest BCUT2D eigenvalue weighted by Gasteiger charge is 2.06. The lowest BCUT2D eigenvalue weighted by molar-refractivity contribution is 0.376. The molecule has 0 saturated carbocycles. The van der Waals surface area contributed by atoms with E-state index in [1.807, 2.05) is 6.07 Å². The van der Waals surface area contributed by atoms with Crippen molar-refractivity contribution in [1.29, 1.82) is 0 Å². The van der Waals surface area contributed by atoms with Crippen LogP contribution in [-0.4, -0.2) is 17.7 Å². The molecule has 1 heterocycles. The molecule has 3 N–H and O–H groups in total. The maximum absolute atomic E-state index is 5.65. The average molecular weight is 224 g/mol. The summed E-state index contributed by atoms with van der Waals surface area (Å²) >= 11 is 0. The van der Waals surface area contributed by atoms with Gasteiger partial charge in [0.25, 0.3) is 0 Å². The molecule has 0 amide bonds. The fourth-order valence-electron chi connectivity index (χ4n) is 1.15. The number of aliphatic imine (C=N–C) groups is 1. The van der Waals surface area contributed by atoms with Gasteiger partial charge in [-0.1, -0.05) is 25.9 Å². The normalized spacial score (nSPS) is 12.1. The lowest BCUT2D eigenvalue weighted by Gasteiger charge is -2.01. The van der Waals surface area contributed by atoms with Crippen LogP contribution < -0.4 is 11.1 Å². The second-order valence-corrected chi connectivity index (χ2v) is 4.00. The van der Waals surface area contributed by atoms with Crippen molar-refractivity contribution in [1.82, 2.24) is 10.5 Å². The first-order valence-corrected chi connectivity index (χ1v) is 5.62. The second kappa shape index (κ2) is 6.15. The van der Waals surface area contributed by atoms with E-state index in [2.05, 4.69) is 36.2 Å². The molecule has 0 aliphatic carbocycles. The van der Waals surface area contributed by atoms with Crippen molar-refractivity contribution in [3.8, 4) is 0 Å². The molecule has 0 atom stereocenters. The van der Waals surface area contributed by atoms with Gasteiger partial charge in [0, 0.05) is 12.6 Å². The van der Waals surface area contributed by atoms with Crippen LogP contribution in [-0.2, 0) is 6.54 Å². The van der Waals surface area contributed by atoms with Crippen molar-refractivity contribution in [2.24, 2.45) is 10.7 Å². The number of nitrogens with two attached hydrogens (primary N) is 1. The molecule has 90 valence electrons. The van der Waals surface area contributed by atoms with E-state index in [4.69, 9.17) is 10.3 Å². The van der Waals surface area contributed by atoms with Crippen LogP contribution in [0.1, 0.15) is 44.6 Å². The van der Waals surface area contributed by atoms with E-state index in [-0.39, 0.29) is 0 Å². The molecule has 5 nitrogen and oxygen atoms in total. The molecular weight excluding hydrogens is 204 g/mol. The summed E-state index contributed by atoms with van der Waals surface area (Å²) in [6.07, 6.45) is 1.02. The van der Waals surface area contributed by atoms with Crippen LogP contribution in [0.2, 0.25) is 0 Å². The molecule has 0 bridgehead atoms. The standard InChI is InChI=1S/C11H20N4O/c1-4-5-13-11(12)14-7-9-6-10(8(2)3)15-16-9/h6,8H,4-5,7H2,1-3H3,(H3,12,13,14). The molecule has 1 aromatic heterocycles. The van der Waals surface area contributed by atoms with Gasteiger partial charge in [-0.05, 0) is 12.3 Å². The summed E-state index contributed by atoms with van der Waals surface area (Å²) in [4.78, 5) is 4.15. The van der Waals surface area contributed by atoms with Gasteiger partial charge in [-0.2, -0.15) is 0 Å². The molecule has 1 rings (SSSR count). The molecule has 16 heavy (non-hydrogen) atoms. The van der Waals surface area contributed by atoms with Gasteiger partial charge in [0.2, 0.25) is 0 Å². The summed E-state index contributed by atoms with van der Waals surface area (Å²) in [5.41, 5.74) is 6.60. The monoisotopic (exact) mass is 224 g/mol. The van der Waals surface area contributed by atoms with Crippen LogP contribution in [0.3, 0.4) is 0 Å². The minimum atomic E-state index is 0.372. The molecule has 1 aromatic rings. The topological polar surface area (TPSA) is 76.4 Å². The van der Waals surface area contributed by atoms with E-state index in [9.17, 15) is 0 Å². The summed E-state index contributed by atoms with van der Waals surface area (Å²) < 4.78 is 5.14. The highest BCUT2D eigenvalue weighted by molar-refractivity contribution is 5.77. The number of guanidine groups is 1. The molecule has 0 saturated heterocycles. The lowest BCUT2D eigenvalue weighted by Crippen LogP contribution is -2.32. The number of hydrogen-bond acceptors (Lipinski definition) is 3. The summed E-state index contributed by atoms with van der Waals surface area (Å²) in [6.45, 7) is 7.49. The molecule has 5 heteroatoms. The fraction of sp³-hybridized carbons (Fsp3) is 0.636. The van der Waals surface area contributed by atoms with Crippen LogP contribution in [0.4, 0.5) is 0 Å². The molecule has 0 unspecified atom stereocenters. The first kappa shape index (κ1) is 12.5. The predicted octanol–water partition coefficient (Wildman–Crippen LogP) is 1.61. The maximum atomic E-state index is 5.65. The smallest absolute Gasteiger partial charge is 0.189 e. The summed E-state index contributed by atoms with van der Waals surface area (Å²) in [6, 6.07) is 1.92. The van der Waals surface area contributed by atoms with Crippen molar-refractivity contribution in [2.75, 3.05) is 6.54 Å². The summed E-state index contributed by atoms with van der Waals surface area (Å²) in [7, 11) is 0. The highest BCUT2D eigenvalue weighted by atomic mass is 16.5. The number of aromatic nitrogens is 1. The van der Waals surface area contributed by atoms with Crippen molar-refractivity contribution in [3.63, 3.8) is 0 Å². The third-order valence-corrected chi connectivity index (χ3v) is 2.13. The Balaban J connectivity index is 2.47. The van der Waals surface area contributed by atoms with Crippen LogP contribution in [0.25, 0.3) is 0 Å². The summed E-state index contributed by atoms with van der Waals surface area (Å²) in [5, 5.41) is 6.95. The summed E-state index contributed by atoms with van der Waals surface area (Å²) in [5.74, 6) is 1.56.